The molecule has 182 valence electrons. The molecule has 1 saturated carbocycles. The number of piperidine rings is 1. The summed E-state index contributed by atoms with van der Waals surface area (Å²) in [6.07, 6.45) is 6.49. The van der Waals surface area contributed by atoms with Crippen molar-refractivity contribution in [3.8, 4) is 0 Å². The fourth-order valence-electron chi connectivity index (χ4n) is 5.13. The van der Waals surface area contributed by atoms with Crippen molar-refractivity contribution in [1.82, 2.24) is 13.9 Å². The SMILES string of the molecule is C[C@@H]1CCCN(S(=O)(=O)c2ccc3c(c2)nc(SCc2ccc(F)cc2Cl)n3C2CCCC2)C1. The molecule has 2 aromatic carbocycles. The van der Waals surface area contributed by atoms with Gasteiger partial charge in [-0.05, 0) is 67.5 Å². The Morgan fingerprint density at radius 2 is 1.91 bits per heavy atom. The van der Waals surface area contributed by atoms with Gasteiger partial charge in [0.15, 0.2) is 5.16 Å². The van der Waals surface area contributed by atoms with Gasteiger partial charge in [0.2, 0.25) is 10.0 Å². The zero-order valence-corrected chi connectivity index (χ0v) is 21.6. The lowest BCUT2D eigenvalue weighted by Crippen LogP contribution is -2.39. The van der Waals surface area contributed by atoms with Crippen molar-refractivity contribution < 1.29 is 12.8 Å². The van der Waals surface area contributed by atoms with Crippen molar-refractivity contribution >= 4 is 44.4 Å². The quantitative estimate of drug-likeness (QED) is 0.340. The highest BCUT2D eigenvalue weighted by atomic mass is 35.5. The van der Waals surface area contributed by atoms with Crippen LogP contribution in [-0.4, -0.2) is 35.4 Å². The maximum atomic E-state index is 13.4. The van der Waals surface area contributed by atoms with E-state index < -0.39 is 10.0 Å². The average Bonchev–Trinajstić information content (AvgIpc) is 3.45. The Morgan fingerprint density at radius 1 is 1.12 bits per heavy atom. The van der Waals surface area contributed by atoms with Crippen molar-refractivity contribution in [2.75, 3.05) is 13.1 Å². The smallest absolute Gasteiger partial charge is 0.243 e. The number of rotatable bonds is 6. The van der Waals surface area contributed by atoms with Crippen LogP contribution in [-0.2, 0) is 15.8 Å². The van der Waals surface area contributed by atoms with Gasteiger partial charge in [0.1, 0.15) is 5.82 Å². The number of nitrogens with zero attached hydrogens (tertiary/aromatic N) is 3. The fraction of sp³-hybridized carbons (Fsp3) is 0.480. The van der Waals surface area contributed by atoms with Crippen LogP contribution in [0.2, 0.25) is 5.02 Å². The molecule has 0 spiro atoms. The molecular weight excluding hydrogens is 493 g/mol. The van der Waals surface area contributed by atoms with Gasteiger partial charge in [-0.15, -0.1) is 0 Å². The molecule has 1 aromatic heterocycles. The zero-order chi connectivity index (χ0) is 23.9. The molecule has 3 aromatic rings. The van der Waals surface area contributed by atoms with E-state index in [4.69, 9.17) is 16.6 Å². The minimum atomic E-state index is -3.55. The molecule has 34 heavy (non-hydrogen) atoms. The van der Waals surface area contributed by atoms with E-state index in [1.54, 1.807) is 34.3 Å². The Bertz CT molecular complexity index is 1300. The second kappa shape index (κ2) is 9.80. The summed E-state index contributed by atoms with van der Waals surface area (Å²) >= 11 is 7.80. The number of halogens is 2. The van der Waals surface area contributed by atoms with Gasteiger partial charge in [-0.3, -0.25) is 0 Å². The molecule has 0 amide bonds. The number of hydrogen-bond acceptors (Lipinski definition) is 4. The fourth-order valence-corrected chi connectivity index (χ4v) is 8.15. The second-order valence-corrected chi connectivity index (χ2v) is 12.8. The van der Waals surface area contributed by atoms with Crippen molar-refractivity contribution in [3.63, 3.8) is 0 Å². The molecule has 0 bridgehead atoms. The number of hydrogen-bond donors (Lipinski definition) is 0. The lowest BCUT2D eigenvalue weighted by Gasteiger charge is -2.30. The first-order chi connectivity index (χ1) is 16.3. The predicted molar refractivity (Wildman–Crippen MR) is 135 cm³/mol. The third-order valence-electron chi connectivity index (χ3n) is 6.95. The van der Waals surface area contributed by atoms with E-state index >= 15 is 0 Å². The van der Waals surface area contributed by atoms with E-state index in [-0.39, 0.29) is 5.82 Å². The Balaban J connectivity index is 1.49. The van der Waals surface area contributed by atoms with Gasteiger partial charge in [-0.1, -0.05) is 49.2 Å². The Labute approximate surface area is 209 Å². The standard InChI is InChI=1S/C25H29ClFN3O2S2/c1-17-5-4-12-29(15-17)34(31,32)21-10-11-24-23(14-21)28-25(30(24)20-6-2-3-7-20)33-16-18-8-9-19(27)13-22(18)26/h8-11,13-14,17,20H,2-7,12,15-16H2,1H3/t17-/m1/s1. The molecule has 2 heterocycles. The molecule has 0 radical (unpaired) electrons. The molecule has 1 aliphatic carbocycles. The number of imidazole rings is 1. The third-order valence-corrected chi connectivity index (χ3v) is 10.2. The van der Waals surface area contributed by atoms with Crippen molar-refractivity contribution in [2.45, 2.75) is 67.3 Å². The molecule has 2 fully saturated rings. The van der Waals surface area contributed by atoms with Crippen LogP contribution in [0.25, 0.3) is 11.0 Å². The summed E-state index contributed by atoms with van der Waals surface area (Å²) in [5, 5.41) is 1.25. The lowest BCUT2D eigenvalue weighted by atomic mass is 10.0. The Morgan fingerprint density at radius 3 is 2.65 bits per heavy atom. The summed E-state index contributed by atoms with van der Waals surface area (Å²) in [7, 11) is -3.55. The van der Waals surface area contributed by atoms with Crippen LogP contribution in [0, 0.1) is 11.7 Å². The molecule has 1 aliphatic heterocycles. The molecule has 1 saturated heterocycles. The number of sulfonamides is 1. The molecule has 1 atom stereocenters. The van der Waals surface area contributed by atoms with Gasteiger partial charge in [0, 0.05) is 29.9 Å². The van der Waals surface area contributed by atoms with Crippen molar-refractivity contribution in [2.24, 2.45) is 5.92 Å². The molecule has 0 N–H and O–H groups in total. The Hall–Kier alpha value is -1.61. The highest BCUT2D eigenvalue weighted by Crippen LogP contribution is 2.38. The van der Waals surface area contributed by atoms with E-state index in [1.165, 1.54) is 25.0 Å². The van der Waals surface area contributed by atoms with Crippen LogP contribution in [0.4, 0.5) is 4.39 Å². The molecule has 2 aliphatic rings. The van der Waals surface area contributed by atoms with Crippen LogP contribution in [0.15, 0.2) is 46.5 Å². The Kier molecular flexibility index (Phi) is 6.95. The van der Waals surface area contributed by atoms with E-state index in [0.29, 0.717) is 46.2 Å². The summed E-state index contributed by atoms with van der Waals surface area (Å²) in [5.41, 5.74) is 2.51. The summed E-state index contributed by atoms with van der Waals surface area (Å²) in [5.74, 6) is 0.579. The van der Waals surface area contributed by atoms with E-state index in [1.807, 2.05) is 6.07 Å². The van der Waals surface area contributed by atoms with E-state index in [2.05, 4.69) is 11.5 Å². The van der Waals surface area contributed by atoms with Crippen molar-refractivity contribution in [3.05, 3.63) is 52.8 Å². The van der Waals surface area contributed by atoms with Gasteiger partial charge >= 0.3 is 0 Å². The highest BCUT2D eigenvalue weighted by Gasteiger charge is 2.30. The second-order valence-electron chi connectivity index (χ2n) is 9.49. The lowest BCUT2D eigenvalue weighted by molar-refractivity contribution is 0.281. The minimum absolute atomic E-state index is 0.309. The first-order valence-corrected chi connectivity index (χ1v) is 14.7. The molecular formula is C25H29ClFN3O2S2. The van der Waals surface area contributed by atoms with Crippen molar-refractivity contribution in [1.29, 1.82) is 0 Å². The maximum absolute atomic E-state index is 13.4. The van der Waals surface area contributed by atoms with Gasteiger partial charge < -0.3 is 4.57 Å². The number of fused-ring (bicyclic) bond motifs is 1. The molecule has 5 rings (SSSR count). The summed E-state index contributed by atoms with van der Waals surface area (Å²) in [4.78, 5) is 5.19. The highest BCUT2D eigenvalue weighted by molar-refractivity contribution is 7.98. The monoisotopic (exact) mass is 521 g/mol. The largest absolute Gasteiger partial charge is 0.316 e. The first-order valence-electron chi connectivity index (χ1n) is 11.9. The third kappa shape index (κ3) is 4.74. The topological polar surface area (TPSA) is 55.2 Å². The number of thioether (sulfide) groups is 1. The summed E-state index contributed by atoms with van der Waals surface area (Å²) < 4.78 is 44.0. The normalized spacial score (nSPS) is 20.4. The van der Waals surface area contributed by atoms with Crippen LogP contribution >= 0.6 is 23.4 Å². The van der Waals surface area contributed by atoms with Gasteiger partial charge in [-0.2, -0.15) is 4.31 Å². The van der Waals surface area contributed by atoms with Crippen LogP contribution in [0.1, 0.15) is 57.1 Å². The maximum Gasteiger partial charge on any atom is 0.243 e. The number of aromatic nitrogens is 2. The van der Waals surface area contributed by atoms with E-state index in [9.17, 15) is 12.8 Å². The number of benzene rings is 2. The zero-order valence-electron chi connectivity index (χ0n) is 19.2. The van der Waals surface area contributed by atoms with Gasteiger partial charge in [0.05, 0.1) is 15.9 Å². The molecule has 0 unspecified atom stereocenters. The van der Waals surface area contributed by atoms with Crippen LogP contribution in [0.5, 0.6) is 0 Å². The predicted octanol–water partition coefficient (Wildman–Crippen LogP) is 6.66. The molecule has 5 nitrogen and oxygen atoms in total. The van der Waals surface area contributed by atoms with Gasteiger partial charge in [-0.25, -0.2) is 17.8 Å². The summed E-state index contributed by atoms with van der Waals surface area (Å²) in [6.45, 7) is 3.24. The molecule has 9 heteroatoms. The minimum Gasteiger partial charge on any atom is -0.316 e. The van der Waals surface area contributed by atoms with Crippen LogP contribution < -0.4 is 0 Å². The van der Waals surface area contributed by atoms with E-state index in [0.717, 1.165) is 41.9 Å². The van der Waals surface area contributed by atoms with Crippen LogP contribution in [0.3, 0.4) is 0 Å². The summed E-state index contributed by atoms with van der Waals surface area (Å²) in [6, 6.07) is 10.2. The van der Waals surface area contributed by atoms with Gasteiger partial charge in [0.25, 0.3) is 0 Å². The first kappa shape index (κ1) is 24.1. The average molecular weight is 522 g/mol.